The van der Waals surface area contributed by atoms with E-state index < -0.39 is 24.1 Å². The van der Waals surface area contributed by atoms with E-state index in [1.54, 1.807) is 24.3 Å². The molecule has 0 spiro atoms. The van der Waals surface area contributed by atoms with E-state index in [-0.39, 0.29) is 5.69 Å². The van der Waals surface area contributed by atoms with Crippen LogP contribution in [0.1, 0.15) is 0 Å². The van der Waals surface area contributed by atoms with Gasteiger partial charge in [0.05, 0.1) is 0 Å². The average Bonchev–Trinajstić information content (AvgIpc) is 2.64. The maximum atomic E-state index is 12.2. The molecule has 0 fully saturated rings. The summed E-state index contributed by atoms with van der Waals surface area (Å²) < 4.78 is 4.71. The summed E-state index contributed by atoms with van der Waals surface area (Å²) in [5.41, 5.74) is -0.166. The van der Waals surface area contributed by atoms with Crippen LogP contribution in [0.5, 0.6) is 0 Å². The van der Waals surface area contributed by atoms with Crippen LogP contribution in [-0.2, 0) is 6.54 Å². The van der Waals surface area contributed by atoms with Crippen LogP contribution < -0.4 is 11.4 Å². The molecule has 1 heterocycles. The number of aromatic nitrogens is 3. The first-order valence-corrected chi connectivity index (χ1v) is 16.7. The number of nitrogens with one attached hydrogen (secondary N) is 1. The van der Waals surface area contributed by atoms with E-state index in [0.717, 1.165) is 4.57 Å². The minimum atomic E-state index is -1.98. The quantitative estimate of drug-likeness (QED) is 0.823. The van der Waals surface area contributed by atoms with Crippen molar-refractivity contribution in [2.45, 2.75) is 21.4 Å². The van der Waals surface area contributed by atoms with Crippen LogP contribution in [0.4, 0.5) is 0 Å². The van der Waals surface area contributed by atoms with Gasteiger partial charge in [0.2, 0.25) is 0 Å². The van der Waals surface area contributed by atoms with Gasteiger partial charge in [-0.2, -0.15) is 0 Å². The Morgan fingerprint density at radius 1 is 1.15 bits per heavy atom. The summed E-state index contributed by atoms with van der Waals surface area (Å²) in [5.74, 6) is 0. The third kappa shape index (κ3) is 3.53. The molecule has 1 N–H and O–H groups in total. The Morgan fingerprint density at radius 3 is 2.40 bits per heavy atom. The first-order valence-electron chi connectivity index (χ1n) is 6.53. The Morgan fingerprint density at radius 2 is 1.80 bits per heavy atom. The molecule has 0 radical (unpaired) electrons. The number of aromatic amines is 1. The minimum absolute atomic E-state index is 0.338. The van der Waals surface area contributed by atoms with E-state index in [0.29, 0.717) is 12.2 Å². The number of hydrogen-bond acceptors (Lipinski definition) is 2. The molecular formula is C14H19N3O2Sn. The molecule has 20 heavy (non-hydrogen) atoms. The van der Waals surface area contributed by atoms with Crippen molar-refractivity contribution in [2.75, 3.05) is 0 Å². The molecule has 0 aliphatic heterocycles. The summed E-state index contributed by atoms with van der Waals surface area (Å²) in [6.07, 6.45) is 1.97. The molecule has 0 bridgehead atoms. The molecule has 6 heteroatoms. The summed E-state index contributed by atoms with van der Waals surface area (Å²) in [4.78, 5) is 31.0. The number of hydrogen-bond donors (Lipinski definition) is 1. The van der Waals surface area contributed by atoms with Crippen LogP contribution in [0.2, 0.25) is 14.8 Å². The second-order valence-corrected chi connectivity index (χ2v) is 20.2. The zero-order valence-corrected chi connectivity index (χ0v) is 14.8. The summed E-state index contributed by atoms with van der Waals surface area (Å²) in [7, 11) is 0. The molecule has 0 unspecified atom stereocenters. The van der Waals surface area contributed by atoms with E-state index in [2.05, 4.69) is 24.0 Å². The Kier molecular flexibility index (Phi) is 4.37. The van der Waals surface area contributed by atoms with Crippen molar-refractivity contribution in [1.82, 2.24) is 14.3 Å². The third-order valence-electron chi connectivity index (χ3n) is 2.78. The Balaban J connectivity index is 2.34. The van der Waals surface area contributed by atoms with E-state index >= 15 is 0 Å². The van der Waals surface area contributed by atoms with Crippen molar-refractivity contribution in [2.24, 2.45) is 0 Å². The van der Waals surface area contributed by atoms with Gasteiger partial charge in [-0.15, -0.1) is 0 Å². The molecule has 1 aromatic carbocycles. The Bertz CT molecular complexity index is 717. The molecule has 2 aromatic rings. The van der Waals surface area contributed by atoms with Gasteiger partial charge in [-0.1, -0.05) is 0 Å². The average molecular weight is 380 g/mol. The van der Waals surface area contributed by atoms with E-state index in [1.807, 2.05) is 12.1 Å². The fourth-order valence-electron chi connectivity index (χ4n) is 1.86. The van der Waals surface area contributed by atoms with Crippen molar-refractivity contribution in [3.63, 3.8) is 0 Å². The zero-order chi connectivity index (χ0) is 14.8. The third-order valence-corrected chi connectivity index (χ3v) is 6.30. The Hall–Kier alpha value is -1.50. The first kappa shape index (κ1) is 14.9. The van der Waals surface area contributed by atoms with Crippen LogP contribution >= 0.6 is 0 Å². The molecule has 0 saturated heterocycles. The topological polar surface area (TPSA) is 59.8 Å². The summed E-state index contributed by atoms with van der Waals surface area (Å²) >= 11 is -1.98. The standard InChI is InChI=1S/C11H10N3O2.3CH3.Sn/c1-2-8-13-11(16)14(10(15)12-13)9-6-4-3-5-7-9;;;;/h1-7H,8H2,(H,12,15);3*1H3;. The normalized spacial score (nSPS) is 12.2. The number of para-hydroxylation sites is 1. The van der Waals surface area contributed by atoms with Crippen molar-refractivity contribution in [3.8, 4) is 5.69 Å². The first-order chi connectivity index (χ1) is 9.38. The number of H-pyrrole nitrogens is 1. The van der Waals surface area contributed by atoms with E-state index in [1.165, 1.54) is 4.68 Å². The molecule has 2 rings (SSSR count). The second kappa shape index (κ2) is 5.86. The van der Waals surface area contributed by atoms with E-state index in [4.69, 9.17) is 0 Å². The molecule has 0 amide bonds. The maximum absolute atomic E-state index is 12.2. The van der Waals surface area contributed by atoms with Gasteiger partial charge in [0, 0.05) is 0 Å². The van der Waals surface area contributed by atoms with Crippen LogP contribution in [-0.4, -0.2) is 32.7 Å². The molecule has 1 aromatic heterocycles. The second-order valence-electron chi connectivity index (χ2n) is 5.75. The molecular weight excluding hydrogens is 361 g/mol. The molecule has 0 saturated carbocycles. The van der Waals surface area contributed by atoms with Gasteiger partial charge in [0.1, 0.15) is 0 Å². The Labute approximate surface area is 121 Å². The van der Waals surface area contributed by atoms with E-state index in [9.17, 15) is 9.59 Å². The zero-order valence-electron chi connectivity index (χ0n) is 12.0. The number of allylic oxidation sites excluding steroid dienone is 1. The SMILES string of the molecule is [CH3][Sn]([CH3])([CH3])/[CH]=C/Cn1[nH]c(=O)n(-c2ccccc2)c1=O. The van der Waals surface area contributed by atoms with Crippen molar-refractivity contribution < 1.29 is 0 Å². The van der Waals surface area contributed by atoms with Gasteiger partial charge in [0.25, 0.3) is 0 Å². The summed E-state index contributed by atoms with van der Waals surface area (Å²) in [5, 5.41) is 2.58. The molecule has 5 nitrogen and oxygen atoms in total. The predicted octanol–water partition coefficient (Wildman–Crippen LogP) is 1.76. The molecule has 0 atom stereocenters. The van der Waals surface area contributed by atoms with Crippen LogP contribution in [0.3, 0.4) is 0 Å². The van der Waals surface area contributed by atoms with Gasteiger partial charge < -0.3 is 0 Å². The predicted molar refractivity (Wildman–Crippen MR) is 83.1 cm³/mol. The van der Waals surface area contributed by atoms with Gasteiger partial charge in [-0.3, -0.25) is 0 Å². The summed E-state index contributed by atoms with van der Waals surface area (Å²) in [6, 6.07) is 8.92. The van der Waals surface area contributed by atoms with Gasteiger partial charge in [-0.05, 0) is 0 Å². The van der Waals surface area contributed by atoms with Crippen molar-refractivity contribution in [1.29, 1.82) is 0 Å². The molecule has 0 aliphatic carbocycles. The van der Waals surface area contributed by atoms with Crippen LogP contribution in [0, 0.1) is 0 Å². The van der Waals surface area contributed by atoms with Crippen molar-refractivity contribution >= 4 is 18.4 Å². The van der Waals surface area contributed by atoms with Gasteiger partial charge in [-0.25, -0.2) is 0 Å². The number of nitrogens with zero attached hydrogens (tertiary/aromatic N) is 2. The molecule has 106 valence electrons. The van der Waals surface area contributed by atoms with Gasteiger partial charge >= 0.3 is 121 Å². The van der Waals surface area contributed by atoms with Crippen molar-refractivity contribution in [3.05, 3.63) is 61.5 Å². The fraction of sp³-hybridized carbons (Fsp3) is 0.286. The number of benzene rings is 1. The van der Waals surface area contributed by atoms with Crippen LogP contribution in [0.25, 0.3) is 5.69 Å². The fourth-order valence-corrected chi connectivity index (χ4v) is 4.18. The number of rotatable bonds is 4. The van der Waals surface area contributed by atoms with Crippen LogP contribution in [0.15, 0.2) is 50.1 Å². The monoisotopic (exact) mass is 381 g/mol. The summed E-state index contributed by atoms with van der Waals surface area (Å²) in [6.45, 7) is 0.405. The molecule has 0 aliphatic rings. The van der Waals surface area contributed by atoms with Gasteiger partial charge in [0.15, 0.2) is 0 Å².